The van der Waals surface area contributed by atoms with Crippen LogP contribution in [0.4, 0.5) is 5.13 Å². The minimum Gasteiger partial charge on any atom is -0.346 e. The molecule has 1 N–H and O–H groups in total. The molecule has 1 atom stereocenters. The molecule has 102 valence electrons. The number of hydrogen-bond acceptors (Lipinski definition) is 5. The summed E-state index contributed by atoms with van der Waals surface area (Å²) >= 11 is 1.53. The molecule has 18 heavy (non-hydrogen) atoms. The molecule has 1 fully saturated rings. The van der Waals surface area contributed by atoms with Gasteiger partial charge in [-0.15, -0.1) is 0 Å². The molecule has 2 rings (SSSR count). The first kappa shape index (κ1) is 13.7. The lowest BCUT2D eigenvalue weighted by Crippen LogP contribution is -2.37. The van der Waals surface area contributed by atoms with Crippen molar-refractivity contribution in [2.45, 2.75) is 52.0 Å². The van der Waals surface area contributed by atoms with Crippen molar-refractivity contribution in [3.8, 4) is 0 Å². The summed E-state index contributed by atoms with van der Waals surface area (Å²) in [5, 5.41) is 4.61. The van der Waals surface area contributed by atoms with Gasteiger partial charge in [0.1, 0.15) is 5.82 Å². The molecule has 0 bridgehead atoms. The van der Waals surface area contributed by atoms with Crippen LogP contribution < -0.4 is 10.2 Å². The minimum absolute atomic E-state index is 0.0414. The number of hydrogen-bond donors (Lipinski definition) is 1. The van der Waals surface area contributed by atoms with Crippen molar-refractivity contribution >= 4 is 16.7 Å². The Kier molecular flexibility index (Phi) is 4.22. The minimum atomic E-state index is 0.0414. The van der Waals surface area contributed by atoms with E-state index in [0.717, 1.165) is 30.6 Å². The second-order valence-corrected chi connectivity index (χ2v) is 6.71. The second-order valence-electron chi connectivity index (χ2n) is 5.98. The van der Waals surface area contributed by atoms with E-state index in [9.17, 15) is 0 Å². The highest BCUT2D eigenvalue weighted by molar-refractivity contribution is 7.09. The fourth-order valence-electron chi connectivity index (χ4n) is 2.17. The zero-order valence-corrected chi connectivity index (χ0v) is 12.7. The van der Waals surface area contributed by atoms with Crippen LogP contribution in [0.5, 0.6) is 0 Å². The highest BCUT2D eigenvalue weighted by Crippen LogP contribution is 2.25. The van der Waals surface area contributed by atoms with Gasteiger partial charge < -0.3 is 10.2 Å². The molecule has 2 heterocycles. The molecule has 0 aliphatic carbocycles. The fraction of sp³-hybridized carbons (Fsp3) is 0.846. The maximum Gasteiger partial charge on any atom is 0.205 e. The zero-order valence-electron chi connectivity index (χ0n) is 11.9. The Labute approximate surface area is 114 Å². The molecule has 0 radical (unpaired) electrons. The molecule has 1 aromatic rings. The highest BCUT2D eigenvalue weighted by atomic mass is 32.1. The molecule has 0 spiro atoms. The number of aromatic nitrogens is 2. The third-order valence-corrected chi connectivity index (χ3v) is 4.12. The Balaban J connectivity index is 2.05. The van der Waals surface area contributed by atoms with Crippen LogP contribution in [0.15, 0.2) is 0 Å². The lowest BCUT2D eigenvalue weighted by molar-refractivity contribution is 0.551. The number of anilines is 1. The van der Waals surface area contributed by atoms with Gasteiger partial charge in [-0.25, -0.2) is 4.98 Å². The molecule has 0 aromatic carbocycles. The maximum atomic E-state index is 4.70. The van der Waals surface area contributed by atoms with Gasteiger partial charge in [-0.3, -0.25) is 0 Å². The van der Waals surface area contributed by atoms with Gasteiger partial charge >= 0.3 is 0 Å². The van der Waals surface area contributed by atoms with Gasteiger partial charge in [0.15, 0.2) is 0 Å². The lowest BCUT2D eigenvalue weighted by atomic mass is 9.96. The lowest BCUT2D eigenvalue weighted by Gasteiger charge is -2.23. The van der Waals surface area contributed by atoms with Gasteiger partial charge in [-0.1, -0.05) is 20.8 Å². The van der Waals surface area contributed by atoms with Crippen molar-refractivity contribution in [3.05, 3.63) is 5.82 Å². The third kappa shape index (κ3) is 3.20. The standard InChI is InChI=1S/C13H24N4S/c1-5-17(9-10-7-6-8-14-10)12-15-11(16-18-12)13(2,3)4/h10,14H,5-9H2,1-4H3. The van der Waals surface area contributed by atoms with Gasteiger partial charge in [-0.2, -0.15) is 4.37 Å². The summed E-state index contributed by atoms with van der Waals surface area (Å²) in [5.74, 6) is 0.959. The summed E-state index contributed by atoms with van der Waals surface area (Å²) in [6.07, 6.45) is 2.58. The molecular weight excluding hydrogens is 244 g/mol. The highest BCUT2D eigenvalue weighted by Gasteiger charge is 2.23. The predicted molar refractivity (Wildman–Crippen MR) is 77.5 cm³/mol. The maximum absolute atomic E-state index is 4.70. The molecule has 1 saturated heterocycles. The quantitative estimate of drug-likeness (QED) is 0.910. The molecule has 5 heteroatoms. The van der Waals surface area contributed by atoms with Gasteiger partial charge in [0.25, 0.3) is 0 Å². The largest absolute Gasteiger partial charge is 0.346 e. The number of nitrogens with zero attached hydrogens (tertiary/aromatic N) is 3. The first-order chi connectivity index (χ1) is 8.50. The normalized spacial score (nSPS) is 20.3. The van der Waals surface area contributed by atoms with Crippen molar-refractivity contribution in [2.24, 2.45) is 0 Å². The van der Waals surface area contributed by atoms with Crippen LogP contribution in [-0.2, 0) is 5.41 Å². The first-order valence-electron chi connectivity index (χ1n) is 6.83. The van der Waals surface area contributed by atoms with Crippen molar-refractivity contribution in [2.75, 3.05) is 24.5 Å². The van der Waals surface area contributed by atoms with Gasteiger partial charge in [-0.05, 0) is 26.3 Å². The molecule has 1 unspecified atom stereocenters. The third-order valence-electron chi connectivity index (χ3n) is 3.34. The predicted octanol–water partition coefficient (Wildman–Crippen LogP) is 2.41. The summed E-state index contributed by atoms with van der Waals surface area (Å²) in [4.78, 5) is 7.04. The van der Waals surface area contributed by atoms with Gasteiger partial charge in [0.05, 0.1) is 0 Å². The Bertz CT molecular complexity index is 377. The van der Waals surface area contributed by atoms with Crippen molar-refractivity contribution < 1.29 is 0 Å². The summed E-state index contributed by atoms with van der Waals surface area (Å²) in [5.41, 5.74) is 0.0414. The summed E-state index contributed by atoms with van der Waals surface area (Å²) in [7, 11) is 0. The van der Waals surface area contributed by atoms with Crippen LogP contribution in [-0.4, -0.2) is 35.0 Å². The summed E-state index contributed by atoms with van der Waals surface area (Å²) < 4.78 is 4.50. The molecule has 0 saturated carbocycles. The Morgan fingerprint density at radius 3 is 2.72 bits per heavy atom. The van der Waals surface area contributed by atoms with E-state index in [2.05, 4.69) is 42.3 Å². The van der Waals surface area contributed by atoms with Crippen molar-refractivity contribution in [1.29, 1.82) is 0 Å². The van der Waals surface area contributed by atoms with Crippen molar-refractivity contribution in [1.82, 2.24) is 14.7 Å². The fourth-order valence-corrected chi connectivity index (χ4v) is 3.10. The topological polar surface area (TPSA) is 41.0 Å². The molecule has 1 aromatic heterocycles. The zero-order chi connectivity index (χ0) is 13.2. The van der Waals surface area contributed by atoms with E-state index in [-0.39, 0.29) is 5.41 Å². The van der Waals surface area contributed by atoms with E-state index in [0.29, 0.717) is 6.04 Å². The van der Waals surface area contributed by atoms with Gasteiger partial charge in [0.2, 0.25) is 5.13 Å². The van der Waals surface area contributed by atoms with Crippen LogP contribution in [0.2, 0.25) is 0 Å². The van der Waals surface area contributed by atoms with E-state index in [1.165, 1.54) is 24.4 Å². The first-order valence-corrected chi connectivity index (χ1v) is 7.60. The van der Waals surface area contributed by atoms with E-state index in [4.69, 9.17) is 4.98 Å². The Morgan fingerprint density at radius 1 is 1.44 bits per heavy atom. The van der Waals surface area contributed by atoms with Crippen LogP contribution in [0.25, 0.3) is 0 Å². The van der Waals surface area contributed by atoms with Crippen LogP contribution in [0.1, 0.15) is 46.4 Å². The molecule has 1 aliphatic heterocycles. The van der Waals surface area contributed by atoms with E-state index >= 15 is 0 Å². The number of rotatable bonds is 4. The molecule has 1 aliphatic rings. The molecule has 4 nitrogen and oxygen atoms in total. The van der Waals surface area contributed by atoms with Crippen LogP contribution in [0.3, 0.4) is 0 Å². The van der Waals surface area contributed by atoms with E-state index in [1.54, 1.807) is 0 Å². The number of nitrogens with one attached hydrogen (secondary N) is 1. The van der Waals surface area contributed by atoms with E-state index < -0.39 is 0 Å². The summed E-state index contributed by atoms with van der Waals surface area (Å²) in [6.45, 7) is 11.9. The molecular formula is C13H24N4S. The van der Waals surface area contributed by atoms with Crippen LogP contribution >= 0.6 is 11.5 Å². The van der Waals surface area contributed by atoms with Gasteiger partial charge in [0, 0.05) is 36.1 Å². The smallest absolute Gasteiger partial charge is 0.205 e. The average Bonchev–Trinajstić information content (AvgIpc) is 2.95. The SMILES string of the molecule is CCN(CC1CCCN1)c1nc(C(C)(C)C)ns1. The Morgan fingerprint density at radius 2 is 2.22 bits per heavy atom. The second kappa shape index (κ2) is 5.53. The van der Waals surface area contributed by atoms with Crippen LogP contribution in [0, 0.1) is 0 Å². The Hall–Kier alpha value is -0.680. The summed E-state index contributed by atoms with van der Waals surface area (Å²) in [6, 6.07) is 0.618. The van der Waals surface area contributed by atoms with Crippen molar-refractivity contribution in [3.63, 3.8) is 0 Å². The van der Waals surface area contributed by atoms with E-state index in [1.807, 2.05) is 0 Å². The average molecular weight is 268 g/mol. The molecule has 0 amide bonds. The monoisotopic (exact) mass is 268 g/mol. The number of likely N-dealkylation sites (N-methyl/N-ethyl adjacent to an activating group) is 1.